The second kappa shape index (κ2) is 10.6. The van der Waals surface area contributed by atoms with Crippen LogP contribution in [0.1, 0.15) is 16.2 Å². The molecule has 3 rings (SSSR count). The average molecular weight is 465 g/mol. The Morgan fingerprint density at radius 3 is 2.42 bits per heavy atom. The number of thiophene rings is 1. The highest BCUT2D eigenvalue weighted by Crippen LogP contribution is 2.28. The first kappa shape index (κ1) is 23.7. The van der Waals surface area contributed by atoms with Gasteiger partial charge >= 0.3 is 0 Å². The van der Waals surface area contributed by atoms with E-state index in [0.717, 1.165) is 28.4 Å². The Morgan fingerprint density at radius 2 is 1.81 bits per heavy atom. The third-order valence-electron chi connectivity index (χ3n) is 5.50. The topological polar surface area (TPSA) is 73.0 Å². The maximum atomic E-state index is 12.9. The quantitative estimate of drug-likeness (QED) is 0.577. The van der Waals surface area contributed by atoms with Crippen molar-refractivity contribution < 1.29 is 13.2 Å². The van der Waals surface area contributed by atoms with E-state index < -0.39 is 10.0 Å². The number of hydrogen-bond donors (Lipinski definition) is 1. The van der Waals surface area contributed by atoms with E-state index in [0.29, 0.717) is 44.2 Å². The van der Waals surface area contributed by atoms with Crippen molar-refractivity contribution in [2.75, 3.05) is 57.8 Å². The lowest BCUT2D eigenvalue weighted by Gasteiger charge is -2.33. The second-order valence-corrected chi connectivity index (χ2v) is 11.3. The molecule has 1 amide bonds. The van der Waals surface area contributed by atoms with Gasteiger partial charge in [0.2, 0.25) is 15.9 Å². The van der Waals surface area contributed by atoms with E-state index in [9.17, 15) is 13.2 Å². The fraction of sp³-hybridized carbons (Fsp3) is 0.500. The van der Waals surface area contributed by atoms with Gasteiger partial charge in [0.05, 0.1) is 11.4 Å². The van der Waals surface area contributed by atoms with Crippen molar-refractivity contribution in [3.63, 3.8) is 0 Å². The summed E-state index contributed by atoms with van der Waals surface area (Å²) in [5, 5.41) is 2.98. The van der Waals surface area contributed by atoms with Crippen LogP contribution < -0.4 is 10.2 Å². The van der Waals surface area contributed by atoms with E-state index in [1.165, 1.54) is 15.6 Å². The number of benzene rings is 1. The summed E-state index contributed by atoms with van der Waals surface area (Å²) < 4.78 is 27.4. The first-order valence-electron chi connectivity index (χ1n) is 10.6. The van der Waals surface area contributed by atoms with Crippen LogP contribution in [0.15, 0.2) is 41.3 Å². The van der Waals surface area contributed by atoms with Crippen LogP contribution in [-0.4, -0.2) is 76.4 Å². The molecule has 2 heterocycles. The summed E-state index contributed by atoms with van der Waals surface area (Å²) in [5.41, 5.74) is 1.16. The second-order valence-electron chi connectivity index (χ2n) is 7.92. The molecule has 0 spiro atoms. The molecule has 1 aliphatic rings. The van der Waals surface area contributed by atoms with E-state index in [1.54, 1.807) is 6.07 Å². The molecule has 1 saturated heterocycles. The number of sulfonamides is 1. The number of nitrogens with zero attached hydrogens (tertiary/aromatic N) is 3. The van der Waals surface area contributed by atoms with Crippen molar-refractivity contribution in [3.05, 3.63) is 46.2 Å². The Labute approximate surface area is 189 Å². The Morgan fingerprint density at radius 1 is 1.13 bits per heavy atom. The highest BCUT2D eigenvalue weighted by Gasteiger charge is 2.30. The number of para-hydroxylation sites is 1. The number of aryl methyl sites for hydroxylation is 2. The van der Waals surface area contributed by atoms with Crippen molar-refractivity contribution in [2.24, 2.45) is 0 Å². The minimum atomic E-state index is -3.46. The molecule has 0 bridgehead atoms. The van der Waals surface area contributed by atoms with Gasteiger partial charge in [-0.2, -0.15) is 4.31 Å². The Balaban J connectivity index is 1.37. The normalized spacial score (nSPS) is 15.7. The number of anilines is 1. The standard InChI is InChI=1S/C22H32N4O3S2/c1-18-16-21(19(2)30-18)31(28,29)26-14-12-25(13-15-26)17-22(27)23-10-7-11-24(3)20-8-5-4-6-9-20/h4-6,8-9,16H,7,10-15,17H2,1-3H3,(H,23,27). The summed E-state index contributed by atoms with van der Waals surface area (Å²) in [4.78, 5) is 18.7. The van der Waals surface area contributed by atoms with Crippen molar-refractivity contribution >= 4 is 33.0 Å². The van der Waals surface area contributed by atoms with Crippen LogP contribution in [0.5, 0.6) is 0 Å². The van der Waals surface area contributed by atoms with E-state index in [4.69, 9.17) is 0 Å². The van der Waals surface area contributed by atoms with E-state index >= 15 is 0 Å². The maximum absolute atomic E-state index is 12.9. The zero-order chi connectivity index (χ0) is 22.4. The molecule has 9 heteroatoms. The maximum Gasteiger partial charge on any atom is 0.244 e. The fourth-order valence-corrected chi connectivity index (χ4v) is 6.69. The lowest BCUT2D eigenvalue weighted by molar-refractivity contribution is -0.122. The number of rotatable bonds is 9. The number of carbonyl (C=O) groups is 1. The summed E-state index contributed by atoms with van der Waals surface area (Å²) in [6, 6.07) is 11.9. The van der Waals surface area contributed by atoms with Gasteiger partial charge in [0.15, 0.2) is 0 Å². The van der Waals surface area contributed by atoms with Crippen molar-refractivity contribution in [1.82, 2.24) is 14.5 Å². The molecule has 0 aliphatic carbocycles. The van der Waals surface area contributed by atoms with Gasteiger partial charge < -0.3 is 10.2 Å². The molecule has 1 aliphatic heterocycles. The Bertz CT molecular complexity index is 968. The first-order valence-corrected chi connectivity index (χ1v) is 12.9. The lowest BCUT2D eigenvalue weighted by atomic mass is 10.3. The molecule has 1 aromatic carbocycles. The SMILES string of the molecule is Cc1cc(S(=O)(=O)N2CCN(CC(=O)NCCCN(C)c3ccccc3)CC2)c(C)s1. The van der Waals surface area contributed by atoms with Crippen molar-refractivity contribution in [3.8, 4) is 0 Å². The monoisotopic (exact) mass is 464 g/mol. The molecule has 2 aromatic rings. The van der Waals surface area contributed by atoms with Gasteiger partial charge in [-0.3, -0.25) is 9.69 Å². The van der Waals surface area contributed by atoms with Crippen LogP contribution in [0.4, 0.5) is 5.69 Å². The molecule has 170 valence electrons. The van der Waals surface area contributed by atoms with Gasteiger partial charge in [0.1, 0.15) is 0 Å². The highest BCUT2D eigenvalue weighted by atomic mass is 32.2. The number of carbonyl (C=O) groups excluding carboxylic acids is 1. The Hall–Kier alpha value is -1.94. The van der Waals surface area contributed by atoms with Gasteiger partial charge in [-0.1, -0.05) is 18.2 Å². The molecule has 0 atom stereocenters. The zero-order valence-corrected chi connectivity index (χ0v) is 20.1. The number of nitrogens with one attached hydrogen (secondary N) is 1. The third-order valence-corrected chi connectivity index (χ3v) is 8.62. The number of piperazine rings is 1. The summed E-state index contributed by atoms with van der Waals surface area (Å²) in [5.74, 6) is -0.0111. The highest BCUT2D eigenvalue weighted by molar-refractivity contribution is 7.89. The molecule has 0 saturated carbocycles. The smallest absolute Gasteiger partial charge is 0.244 e. The van der Waals surface area contributed by atoms with Crippen LogP contribution in [0.2, 0.25) is 0 Å². The summed E-state index contributed by atoms with van der Waals surface area (Å²) >= 11 is 1.51. The predicted molar refractivity (Wildman–Crippen MR) is 126 cm³/mol. The first-order chi connectivity index (χ1) is 14.8. The molecule has 31 heavy (non-hydrogen) atoms. The molecule has 1 N–H and O–H groups in total. The molecular formula is C22H32N4O3S2. The van der Waals surface area contributed by atoms with Crippen molar-refractivity contribution in [1.29, 1.82) is 0 Å². The molecule has 0 radical (unpaired) electrons. The molecule has 7 nitrogen and oxygen atoms in total. The largest absolute Gasteiger partial charge is 0.375 e. The van der Waals surface area contributed by atoms with Gasteiger partial charge in [-0.15, -0.1) is 11.3 Å². The lowest BCUT2D eigenvalue weighted by Crippen LogP contribution is -2.51. The van der Waals surface area contributed by atoms with Gasteiger partial charge in [-0.25, -0.2) is 8.42 Å². The molecule has 1 fully saturated rings. The third kappa shape index (κ3) is 6.29. The van der Waals surface area contributed by atoms with Crippen LogP contribution in [0.3, 0.4) is 0 Å². The van der Waals surface area contributed by atoms with Gasteiger partial charge in [-0.05, 0) is 38.5 Å². The van der Waals surface area contributed by atoms with Crippen LogP contribution in [-0.2, 0) is 14.8 Å². The predicted octanol–water partition coefficient (Wildman–Crippen LogP) is 2.31. The van der Waals surface area contributed by atoms with E-state index in [1.807, 2.05) is 44.0 Å². The fourth-order valence-electron chi connectivity index (χ4n) is 3.75. The summed E-state index contributed by atoms with van der Waals surface area (Å²) in [7, 11) is -1.42. The van der Waals surface area contributed by atoms with E-state index in [2.05, 4.69) is 22.3 Å². The van der Waals surface area contributed by atoms with Gasteiger partial charge in [0.25, 0.3) is 0 Å². The Kier molecular flexibility index (Phi) is 8.10. The number of hydrogen-bond acceptors (Lipinski definition) is 6. The van der Waals surface area contributed by atoms with E-state index in [-0.39, 0.29) is 5.91 Å². The number of amides is 1. The van der Waals surface area contributed by atoms with Crippen LogP contribution in [0.25, 0.3) is 0 Å². The van der Waals surface area contributed by atoms with Crippen LogP contribution >= 0.6 is 11.3 Å². The summed E-state index contributed by atoms with van der Waals surface area (Å²) in [6.45, 7) is 7.51. The minimum absolute atomic E-state index is 0.0111. The average Bonchev–Trinajstić information content (AvgIpc) is 3.11. The molecule has 1 aromatic heterocycles. The molecule has 0 unspecified atom stereocenters. The van der Waals surface area contributed by atoms with Gasteiger partial charge in [0, 0.05) is 61.8 Å². The van der Waals surface area contributed by atoms with Crippen molar-refractivity contribution in [2.45, 2.75) is 25.2 Å². The van der Waals surface area contributed by atoms with Crippen LogP contribution in [0, 0.1) is 13.8 Å². The zero-order valence-electron chi connectivity index (χ0n) is 18.5. The molecular weight excluding hydrogens is 432 g/mol. The minimum Gasteiger partial charge on any atom is -0.375 e. The summed E-state index contributed by atoms with van der Waals surface area (Å²) in [6.07, 6.45) is 0.864.